The third-order valence-electron chi connectivity index (χ3n) is 5.73. The van der Waals surface area contributed by atoms with Gasteiger partial charge in [0.1, 0.15) is 0 Å². The minimum atomic E-state index is -0.896. The molecule has 0 radical (unpaired) electrons. The highest BCUT2D eigenvalue weighted by molar-refractivity contribution is 4.73. The normalized spacial score (nSPS) is 30.5. The lowest BCUT2D eigenvalue weighted by molar-refractivity contribution is -0.527. The zero-order valence-corrected chi connectivity index (χ0v) is 16.2. The van der Waals surface area contributed by atoms with E-state index in [-0.39, 0.29) is 22.1 Å². The van der Waals surface area contributed by atoms with E-state index in [1.807, 2.05) is 0 Å². The highest BCUT2D eigenvalue weighted by Crippen LogP contribution is 2.26. The summed E-state index contributed by atoms with van der Waals surface area (Å²) in [5.41, 5.74) is 0. The van der Waals surface area contributed by atoms with Gasteiger partial charge in [-0.3, -0.25) is 20.2 Å². The Kier molecular flexibility index (Phi) is 9.49. The number of rotatable bonds is 11. The van der Waals surface area contributed by atoms with E-state index >= 15 is 0 Å². The molecule has 0 aromatic carbocycles. The van der Waals surface area contributed by atoms with E-state index in [1.54, 1.807) is 0 Å². The second-order valence-electron chi connectivity index (χ2n) is 7.90. The van der Waals surface area contributed by atoms with Crippen LogP contribution >= 0.6 is 0 Å². The molecule has 2 atom stereocenters. The van der Waals surface area contributed by atoms with Crippen LogP contribution in [0.5, 0.6) is 0 Å². The number of unbranched alkanes of at least 4 members (excludes halogenated alkanes) is 1. The quantitative estimate of drug-likeness (QED) is 0.231. The van der Waals surface area contributed by atoms with Crippen LogP contribution < -0.4 is 0 Å². The zero-order valence-electron chi connectivity index (χ0n) is 16.2. The molecule has 2 N–H and O–H groups in total. The molecule has 2 unspecified atom stereocenters. The average molecular weight is 404 g/mol. The van der Waals surface area contributed by atoms with Gasteiger partial charge in [0.25, 0.3) is 0 Å². The van der Waals surface area contributed by atoms with Crippen LogP contribution in [0.2, 0.25) is 0 Å². The molecule has 2 fully saturated rings. The van der Waals surface area contributed by atoms with Crippen LogP contribution in [0.25, 0.3) is 0 Å². The van der Waals surface area contributed by atoms with E-state index in [2.05, 4.69) is 0 Å². The van der Waals surface area contributed by atoms with Crippen molar-refractivity contribution in [2.45, 2.75) is 114 Å². The van der Waals surface area contributed by atoms with E-state index in [9.17, 15) is 30.4 Å². The van der Waals surface area contributed by atoms with Crippen LogP contribution in [0.4, 0.5) is 0 Å². The number of hydrogen-bond donors (Lipinski definition) is 2. The average Bonchev–Trinajstić information content (AvgIpc) is 2.66. The minimum Gasteiger partial charge on any atom is -0.368 e. The van der Waals surface area contributed by atoms with Crippen molar-refractivity contribution in [2.75, 3.05) is 0 Å². The van der Waals surface area contributed by atoms with Gasteiger partial charge in [-0.15, -0.1) is 0 Å². The first-order valence-electron chi connectivity index (χ1n) is 10.3. The van der Waals surface area contributed by atoms with Gasteiger partial charge in [-0.25, -0.2) is 0 Å². The van der Waals surface area contributed by atoms with Crippen molar-refractivity contribution in [1.82, 2.24) is 0 Å². The summed E-state index contributed by atoms with van der Waals surface area (Å²) in [5.74, 6) is 0. The molecular weight excluding hydrogens is 372 g/mol. The van der Waals surface area contributed by atoms with Crippen molar-refractivity contribution < 1.29 is 29.5 Å². The summed E-state index contributed by atoms with van der Waals surface area (Å²) in [6.45, 7) is 0. The minimum absolute atomic E-state index is 0.130. The summed E-state index contributed by atoms with van der Waals surface area (Å²) >= 11 is 0. The SMILES string of the molecule is O=[N+]([O-])C1CCC(OC(O)CCCCC(O)OC2CCC([N+](=O)[O-])CC2)CC1. The van der Waals surface area contributed by atoms with E-state index in [4.69, 9.17) is 9.47 Å². The lowest BCUT2D eigenvalue weighted by atomic mass is 9.93. The van der Waals surface area contributed by atoms with E-state index < -0.39 is 24.7 Å². The van der Waals surface area contributed by atoms with Crippen LogP contribution in [-0.4, -0.2) is 56.9 Å². The highest BCUT2D eigenvalue weighted by Gasteiger charge is 2.31. The van der Waals surface area contributed by atoms with Crippen LogP contribution in [0.15, 0.2) is 0 Å². The van der Waals surface area contributed by atoms with E-state index in [1.165, 1.54) is 0 Å². The Bertz CT molecular complexity index is 446. The summed E-state index contributed by atoms with van der Waals surface area (Å²) in [6.07, 6.45) is 4.46. The number of hydrogen-bond acceptors (Lipinski definition) is 8. The highest BCUT2D eigenvalue weighted by atomic mass is 16.6. The van der Waals surface area contributed by atoms with E-state index in [0.29, 0.717) is 77.0 Å². The Hall–Kier alpha value is -1.36. The second-order valence-corrected chi connectivity index (χ2v) is 7.90. The largest absolute Gasteiger partial charge is 0.368 e. The van der Waals surface area contributed by atoms with Crippen LogP contribution in [-0.2, 0) is 9.47 Å². The molecule has 2 aliphatic rings. The molecule has 2 rings (SSSR count). The van der Waals surface area contributed by atoms with Gasteiger partial charge in [0, 0.05) is 35.5 Å². The van der Waals surface area contributed by atoms with Gasteiger partial charge in [-0.05, 0) is 51.4 Å². The van der Waals surface area contributed by atoms with Crippen LogP contribution in [0.3, 0.4) is 0 Å². The zero-order chi connectivity index (χ0) is 20.5. The van der Waals surface area contributed by atoms with Crippen molar-refractivity contribution in [1.29, 1.82) is 0 Å². The Morgan fingerprint density at radius 2 is 1.04 bits per heavy atom. The third kappa shape index (κ3) is 7.94. The molecule has 28 heavy (non-hydrogen) atoms. The molecule has 0 saturated heterocycles. The standard InChI is InChI=1S/C18H32N2O8/c21-17(27-15-9-5-13(6-10-15)19(23)24)3-1-2-4-18(22)28-16-11-7-14(8-12-16)20(25)26/h13-18,21-22H,1-12H2. The lowest BCUT2D eigenvalue weighted by Crippen LogP contribution is -2.32. The molecule has 0 aromatic heterocycles. The molecule has 2 saturated carbocycles. The van der Waals surface area contributed by atoms with Gasteiger partial charge in [0.05, 0.1) is 12.2 Å². The maximum absolute atomic E-state index is 10.7. The van der Waals surface area contributed by atoms with Crippen molar-refractivity contribution in [3.8, 4) is 0 Å². The fraction of sp³-hybridized carbons (Fsp3) is 1.00. The predicted octanol–water partition coefficient (Wildman–Crippen LogP) is 2.39. The van der Waals surface area contributed by atoms with Crippen molar-refractivity contribution in [3.05, 3.63) is 20.2 Å². The fourth-order valence-corrected chi connectivity index (χ4v) is 4.00. The third-order valence-corrected chi connectivity index (χ3v) is 5.73. The number of nitrogens with zero attached hydrogens (tertiary/aromatic N) is 2. The predicted molar refractivity (Wildman–Crippen MR) is 98.7 cm³/mol. The van der Waals surface area contributed by atoms with Gasteiger partial charge < -0.3 is 19.7 Å². The van der Waals surface area contributed by atoms with Crippen LogP contribution in [0.1, 0.15) is 77.0 Å². The van der Waals surface area contributed by atoms with Crippen molar-refractivity contribution >= 4 is 0 Å². The number of ether oxygens (including phenoxy) is 2. The molecule has 0 spiro atoms. The van der Waals surface area contributed by atoms with Crippen LogP contribution in [0, 0.1) is 20.2 Å². The van der Waals surface area contributed by atoms with Gasteiger partial charge >= 0.3 is 0 Å². The molecule has 0 aromatic rings. The Balaban J connectivity index is 1.50. The van der Waals surface area contributed by atoms with Gasteiger partial charge in [-0.2, -0.15) is 0 Å². The molecule has 10 heteroatoms. The van der Waals surface area contributed by atoms with E-state index in [0.717, 1.165) is 0 Å². The Labute approximate surface area is 164 Å². The molecule has 2 aliphatic carbocycles. The van der Waals surface area contributed by atoms with Gasteiger partial charge in [0.15, 0.2) is 12.6 Å². The molecule has 0 aliphatic heterocycles. The summed E-state index contributed by atoms with van der Waals surface area (Å²) in [4.78, 5) is 21.0. The summed E-state index contributed by atoms with van der Waals surface area (Å²) in [6, 6.07) is -0.985. The smallest absolute Gasteiger partial charge is 0.213 e. The lowest BCUT2D eigenvalue weighted by Gasteiger charge is -2.27. The van der Waals surface area contributed by atoms with Crippen molar-refractivity contribution in [2.24, 2.45) is 0 Å². The second kappa shape index (κ2) is 11.6. The molecule has 0 bridgehead atoms. The molecule has 10 nitrogen and oxygen atoms in total. The number of aliphatic hydroxyl groups excluding tert-OH is 2. The van der Waals surface area contributed by atoms with Crippen molar-refractivity contribution in [3.63, 3.8) is 0 Å². The molecule has 0 amide bonds. The van der Waals surface area contributed by atoms with Gasteiger partial charge in [-0.1, -0.05) is 0 Å². The first kappa shape index (κ1) is 22.9. The molecule has 0 heterocycles. The Morgan fingerprint density at radius 1 is 0.714 bits per heavy atom. The topological polar surface area (TPSA) is 145 Å². The maximum Gasteiger partial charge on any atom is 0.213 e. The first-order valence-corrected chi connectivity index (χ1v) is 10.3. The Morgan fingerprint density at radius 3 is 1.32 bits per heavy atom. The fourth-order valence-electron chi connectivity index (χ4n) is 4.00. The first-order chi connectivity index (χ1) is 13.3. The number of nitro groups is 2. The maximum atomic E-state index is 10.7. The number of aliphatic hydroxyl groups is 2. The summed E-state index contributed by atoms with van der Waals surface area (Å²) in [5, 5.41) is 41.4. The molecular formula is C18H32N2O8. The molecule has 162 valence electrons. The monoisotopic (exact) mass is 404 g/mol. The van der Waals surface area contributed by atoms with Gasteiger partial charge in [0.2, 0.25) is 12.1 Å². The summed E-state index contributed by atoms with van der Waals surface area (Å²) < 4.78 is 11.1. The summed E-state index contributed by atoms with van der Waals surface area (Å²) in [7, 11) is 0.